The van der Waals surface area contributed by atoms with Gasteiger partial charge in [-0.1, -0.05) is 117 Å². The Morgan fingerprint density at radius 1 is 0.714 bits per heavy atom. The van der Waals surface area contributed by atoms with Crippen molar-refractivity contribution in [1.82, 2.24) is 15.0 Å². The molecule has 2 unspecified atom stereocenters. The Bertz CT molecular complexity index is 777. The molecule has 0 amide bonds. The zero-order valence-corrected chi connectivity index (χ0v) is 24.2. The number of rotatable bonds is 20. The van der Waals surface area contributed by atoms with Crippen molar-refractivity contribution in [2.45, 2.75) is 130 Å². The minimum absolute atomic E-state index is 0.747. The van der Waals surface area contributed by atoms with Crippen LogP contribution < -0.4 is 5.32 Å². The van der Waals surface area contributed by atoms with E-state index in [9.17, 15) is 0 Å². The molecule has 2 rings (SSSR count). The molecule has 194 valence electrons. The summed E-state index contributed by atoms with van der Waals surface area (Å²) < 4.78 is 0. The first kappa shape index (κ1) is 29.7. The standard InChI is InChI=1S/C31H51N3Si/c1-5-7-9-10-12-18-28-24-34-30(25-33-28)29-19-15-22-32-31(29)35-23-14-13-17-27(4)21-20-26(3)16-11-8-6-2/h15,19,22,24-27H,5-14,16-18,20-21,23H2,1-4H3. The van der Waals surface area contributed by atoms with Gasteiger partial charge in [-0.2, -0.15) is 0 Å². The molecular formula is C31H51N3Si. The summed E-state index contributed by atoms with van der Waals surface area (Å²) in [6, 6.07) is 5.42. The topological polar surface area (TPSA) is 38.7 Å². The highest BCUT2D eigenvalue weighted by molar-refractivity contribution is 6.54. The Morgan fingerprint density at radius 3 is 2.09 bits per heavy atom. The van der Waals surface area contributed by atoms with E-state index in [1.807, 2.05) is 24.7 Å². The number of pyridine rings is 1. The normalized spacial score (nSPS) is 13.1. The monoisotopic (exact) mass is 493 g/mol. The van der Waals surface area contributed by atoms with Gasteiger partial charge in [0, 0.05) is 23.3 Å². The molecule has 3 nitrogen and oxygen atoms in total. The van der Waals surface area contributed by atoms with Crippen LogP contribution in [0.1, 0.15) is 123 Å². The largest absolute Gasteiger partial charge is 0.266 e. The quantitative estimate of drug-likeness (QED) is 0.137. The van der Waals surface area contributed by atoms with E-state index in [4.69, 9.17) is 15.0 Å². The summed E-state index contributed by atoms with van der Waals surface area (Å²) in [7, 11) is 0.747. The molecule has 0 saturated heterocycles. The molecule has 0 aliphatic heterocycles. The zero-order valence-electron chi connectivity index (χ0n) is 23.2. The third-order valence-electron chi connectivity index (χ3n) is 7.19. The second-order valence-corrected chi connectivity index (χ2v) is 12.0. The number of hydrogen-bond donors (Lipinski definition) is 0. The molecule has 0 aliphatic carbocycles. The van der Waals surface area contributed by atoms with Crippen LogP contribution in [0.15, 0.2) is 30.7 Å². The van der Waals surface area contributed by atoms with Crippen molar-refractivity contribution >= 4 is 14.8 Å². The van der Waals surface area contributed by atoms with Crippen LogP contribution in [-0.4, -0.2) is 24.5 Å². The molecule has 0 spiro atoms. The van der Waals surface area contributed by atoms with Crippen molar-refractivity contribution in [1.29, 1.82) is 0 Å². The minimum Gasteiger partial charge on any atom is -0.266 e. The maximum absolute atomic E-state index is 4.75. The number of hydrogen-bond acceptors (Lipinski definition) is 3. The maximum Gasteiger partial charge on any atom is 0.108 e. The number of nitrogens with zero attached hydrogens (tertiary/aromatic N) is 3. The summed E-state index contributed by atoms with van der Waals surface area (Å²) in [5.41, 5.74) is 3.25. The molecule has 2 atom stereocenters. The Hall–Kier alpha value is -1.55. The summed E-state index contributed by atoms with van der Waals surface area (Å²) in [4.78, 5) is 14.2. The predicted octanol–water partition coefficient (Wildman–Crippen LogP) is 8.60. The Labute approximate surface area is 219 Å². The lowest BCUT2D eigenvalue weighted by molar-refractivity contribution is 0.382. The minimum atomic E-state index is 0.747. The fourth-order valence-corrected chi connectivity index (χ4v) is 5.94. The van der Waals surface area contributed by atoms with Gasteiger partial charge in [0.1, 0.15) is 9.52 Å². The van der Waals surface area contributed by atoms with Gasteiger partial charge in [-0.15, -0.1) is 0 Å². The van der Waals surface area contributed by atoms with E-state index in [1.165, 1.54) is 107 Å². The molecule has 2 aromatic heterocycles. The first-order valence-corrected chi connectivity index (χ1v) is 15.8. The van der Waals surface area contributed by atoms with E-state index in [0.717, 1.165) is 39.2 Å². The van der Waals surface area contributed by atoms with Crippen LogP contribution in [0.5, 0.6) is 0 Å². The summed E-state index contributed by atoms with van der Waals surface area (Å²) in [5, 5.41) is 1.20. The Morgan fingerprint density at radius 2 is 1.40 bits per heavy atom. The summed E-state index contributed by atoms with van der Waals surface area (Å²) in [6.07, 6.45) is 25.7. The van der Waals surface area contributed by atoms with Crippen LogP contribution in [0.25, 0.3) is 11.3 Å². The van der Waals surface area contributed by atoms with Crippen molar-refractivity contribution in [2.75, 3.05) is 0 Å². The third-order valence-corrected chi connectivity index (χ3v) is 8.53. The van der Waals surface area contributed by atoms with Crippen LogP contribution in [0, 0.1) is 11.8 Å². The Kier molecular flexibility index (Phi) is 15.8. The highest BCUT2D eigenvalue weighted by atomic mass is 28.2. The molecule has 2 radical (unpaired) electrons. The number of aromatic nitrogens is 3. The summed E-state index contributed by atoms with van der Waals surface area (Å²) in [6.45, 7) is 9.45. The molecular weight excluding hydrogens is 442 g/mol. The Balaban J connectivity index is 1.69. The van der Waals surface area contributed by atoms with Gasteiger partial charge in [0.2, 0.25) is 0 Å². The number of aryl methyl sites for hydroxylation is 1. The summed E-state index contributed by atoms with van der Waals surface area (Å²) >= 11 is 0. The van der Waals surface area contributed by atoms with Crippen LogP contribution >= 0.6 is 0 Å². The van der Waals surface area contributed by atoms with Gasteiger partial charge in [-0.25, -0.2) is 0 Å². The van der Waals surface area contributed by atoms with Gasteiger partial charge in [-0.3, -0.25) is 15.0 Å². The average molecular weight is 494 g/mol. The van der Waals surface area contributed by atoms with E-state index < -0.39 is 0 Å². The second-order valence-electron chi connectivity index (χ2n) is 10.7. The highest BCUT2D eigenvalue weighted by Crippen LogP contribution is 2.21. The van der Waals surface area contributed by atoms with E-state index in [2.05, 4.69) is 33.8 Å². The van der Waals surface area contributed by atoms with Gasteiger partial charge < -0.3 is 0 Å². The van der Waals surface area contributed by atoms with Gasteiger partial charge in [0.05, 0.1) is 17.6 Å². The van der Waals surface area contributed by atoms with Crippen LogP contribution in [0.4, 0.5) is 0 Å². The first-order valence-electron chi connectivity index (χ1n) is 14.6. The molecule has 2 heterocycles. The van der Waals surface area contributed by atoms with Gasteiger partial charge in [0.15, 0.2) is 0 Å². The van der Waals surface area contributed by atoms with E-state index in [0.29, 0.717) is 0 Å². The van der Waals surface area contributed by atoms with Crippen molar-refractivity contribution in [3.05, 3.63) is 36.4 Å². The van der Waals surface area contributed by atoms with Crippen molar-refractivity contribution in [3.63, 3.8) is 0 Å². The van der Waals surface area contributed by atoms with E-state index in [1.54, 1.807) is 0 Å². The van der Waals surface area contributed by atoms with Crippen LogP contribution in [-0.2, 0) is 6.42 Å². The van der Waals surface area contributed by atoms with Gasteiger partial charge in [0.25, 0.3) is 0 Å². The lowest BCUT2D eigenvalue weighted by Gasteiger charge is -2.15. The average Bonchev–Trinajstić information content (AvgIpc) is 2.88. The fraction of sp³-hybridized carbons (Fsp3) is 0.710. The van der Waals surface area contributed by atoms with E-state index >= 15 is 0 Å². The summed E-state index contributed by atoms with van der Waals surface area (Å²) in [5.74, 6) is 1.76. The van der Waals surface area contributed by atoms with Crippen molar-refractivity contribution in [3.8, 4) is 11.3 Å². The van der Waals surface area contributed by atoms with Gasteiger partial charge in [-0.05, 0) is 36.8 Å². The lowest BCUT2D eigenvalue weighted by Crippen LogP contribution is -2.21. The van der Waals surface area contributed by atoms with Crippen molar-refractivity contribution < 1.29 is 0 Å². The molecule has 0 N–H and O–H groups in total. The molecule has 0 saturated carbocycles. The molecule has 2 aromatic rings. The lowest BCUT2D eigenvalue weighted by atomic mass is 9.91. The maximum atomic E-state index is 4.75. The smallest absolute Gasteiger partial charge is 0.108 e. The highest BCUT2D eigenvalue weighted by Gasteiger charge is 2.10. The number of unbranched alkanes of at least 4 members (excludes halogenated alkanes) is 7. The predicted molar refractivity (Wildman–Crippen MR) is 153 cm³/mol. The molecule has 35 heavy (non-hydrogen) atoms. The van der Waals surface area contributed by atoms with Gasteiger partial charge >= 0.3 is 0 Å². The molecule has 0 fully saturated rings. The SMILES string of the molecule is CCCCCCCc1cnc(-c2cccnc2[Si]CCCCC(C)CCC(C)CCCCC)cn1. The molecule has 0 bridgehead atoms. The molecule has 0 aliphatic rings. The molecule has 4 heteroatoms. The first-order chi connectivity index (χ1) is 17.1. The van der Waals surface area contributed by atoms with Crippen molar-refractivity contribution in [2.24, 2.45) is 11.8 Å². The fourth-order valence-electron chi connectivity index (χ4n) is 4.71. The van der Waals surface area contributed by atoms with E-state index in [-0.39, 0.29) is 0 Å². The second kappa shape index (κ2) is 18.7. The molecule has 0 aromatic carbocycles. The van der Waals surface area contributed by atoms with Crippen LogP contribution in [0.2, 0.25) is 6.04 Å². The zero-order chi connectivity index (χ0) is 25.1. The third kappa shape index (κ3) is 12.8. The van der Waals surface area contributed by atoms with Crippen LogP contribution in [0.3, 0.4) is 0 Å².